The van der Waals surface area contributed by atoms with Crippen molar-refractivity contribution < 1.29 is 8.42 Å². The molecule has 0 aliphatic heterocycles. The quantitative estimate of drug-likeness (QED) is 0.804. The summed E-state index contributed by atoms with van der Waals surface area (Å²) in [5.41, 5.74) is 0.955. The van der Waals surface area contributed by atoms with Crippen LogP contribution in [0.25, 0.3) is 0 Å². The SMILES string of the molecule is CCCN(CCC)S(=O)(=O)c1ccc(C)cc1Cl. The van der Waals surface area contributed by atoms with Crippen molar-refractivity contribution in [3.63, 3.8) is 0 Å². The summed E-state index contributed by atoms with van der Waals surface area (Å²) in [4.78, 5) is 0.205. The molecule has 0 N–H and O–H groups in total. The summed E-state index contributed by atoms with van der Waals surface area (Å²) in [6, 6.07) is 5.05. The Morgan fingerprint density at radius 1 is 1.17 bits per heavy atom. The highest BCUT2D eigenvalue weighted by atomic mass is 35.5. The van der Waals surface area contributed by atoms with Gasteiger partial charge in [0, 0.05) is 13.1 Å². The number of rotatable bonds is 6. The Hall–Kier alpha value is -0.580. The van der Waals surface area contributed by atoms with Gasteiger partial charge in [-0.3, -0.25) is 0 Å². The zero-order valence-electron chi connectivity index (χ0n) is 11.1. The van der Waals surface area contributed by atoms with E-state index in [9.17, 15) is 8.42 Å². The van der Waals surface area contributed by atoms with Crippen molar-refractivity contribution in [1.82, 2.24) is 4.31 Å². The maximum atomic E-state index is 12.5. The summed E-state index contributed by atoms with van der Waals surface area (Å²) >= 11 is 6.05. The van der Waals surface area contributed by atoms with Gasteiger partial charge in [0.1, 0.15) is 4.90 Å². The molecule has 0 heterocycles. The van der Waals surface area contributed by atoms with Crippen molar-refractivity contribution in [2.24, 2.45) is 0 Å². The van der Waals surface area contributed by atoms with Crippen molar-refractivity contribution in [2.45, 2.75) is 38.5 Å². The number of hydrogen-bond acceptors (Lipinski definition) is 2. The van der Waals surface area contributed by atoms with E-state index in [1.54, 1.807) is 18.2 Å². The van der Waals surface area contributed by atoms with E-state index >= 15 is 0 Å². The van der Waals surface area contributed by atoms with Gasteiger partial charge in [-0.25, -0.2) is 8.42 Å². The Morgan fingerprint density at radius 2 is 1.72 bits per heavy atom. The number of sulfonamides is 1. The van der Waals surface area contributed by atoms with Gasteiger partial charge in [0.15, 0.2) is 0 Å². The second kappa shape index (κ2) is 6.55. The van der Waals surface area contributed by atoms with Crippen LogP contribution in [0.4, 0.5) is 0 Å². The number of nitrogens with zero attached hydrogens (tertiary/aromatic N) is 1. The van der Waals surface area contributed by atoms with E-state index in [0.717, 1.165) is 18.4 Å². The van der Waals surface area contributed by atoms with E-state index in [4.69, 9.17) is 11.6 Å². The summed E-state index contributed by atoms with van der Waals surface area (Å²) in [5, 5.41) is 0.298. The molecule has 0 bridgehead atoms. The van der Waals surface area contributed by atoms with Gasteiger partial charge in [0.25, 0.3) is 0 Å². The molecule has 0 radical (unpaired) electrons. The van der Waals surface area contributed by atoms with Crippen molar-refractivity contribution in [1.29, 1.82) is 0 Å². The molecule has 0 aliphatic rings. The molecule has 0 amide bonds. The number of aryl methyl sites for hydroxylation is 1. The van der Waals surface area contributed by atoms with Gasteiger partial charge >= 0.3 is 0 Å². The standard InChI is InChI=1S/C13H20ClNO2S/c1-4-8-15(9-5-2)18(16,17)13-7-6-11(3)10-12(13)14/h6-7,10H,4-5,8-9H2,1-3H3. The van der Waals surface area contributed by atoms with Crippen molar-refractivity contribution in [3.8, 4) is 0 Å². The normalized spacial score (nSPS) is 12.1. The highest BCUT2D eigenvalue weighted by Crippen LogP contribution is 2.25. The van der Waals surface area contributed by atoms with Crippen LogP contribution in [0.2, 0.25) is 5.02 Å². The third kappa shape index (κ3) is 3.46. The predicted octanol–water partition coefficient (Wildman–Crippen LogP) is 3.46. The fourth-order valence-electron chi connectivity index (χ4n) is 1.81. The average molecular weight is 290 g/mol. The molecule has 102 valence electrons. The molecule has 0 spiro atoms. The molecule has 3 nitrogen and oxygen atoms in total. The lowest BCUT2D eigenvalue weighted by Gasteiger charge is -2.21. The average Bonchev–Trinajstić information content (AvgIpc) is 2.28. The van der Waals surface area contributed by atoms with E-state index in [0.29, 0.717) is 18.1 Å². The minimum absolute atomic E-state index is 0.205. The second-order valence-electron chi connectivity index (χ2n) is 4.34. The summed E-state index contributed by atoms with van der Waals surface area (Å²) < 4.78 is 26.5. The third-order valence-electron chi connectivity index (χ3n) is 2.65. The fraction of sp³-hybridized carbons (Fsp3) is 0.538. The van der Waals surface area contributed by atoms with Crippen LogP contribution >= 0.6 is 11.6 Å². The molecular formula is C13H20ClNO2S. The van der Waals surface area contributed by atoms with Crippen LogP contribution in [0.15, 0.2) is 23.1 Å². The molecule has 0 aliphatic carbocycles. The molecular weight excluding hydrogens is 270 g/mol. The molecule has 0 saturated heterocycles. The first-order valence-electron chi connectivity index (χ1n) is 6.19. The minimum Gasteiger partial charge on any atom is -0.207 e. The van der Waals surface area contributed by atoms with Crippen molar-refractivity contribution in [2.75, 3.05) is 13.1 Å². The molecule has 1 aromatic carbocycles. The molecule has 0 atom stereocenters. The highest BCUT2D eigenvalue weighted by molar-refractivity contribution is 7.89. The van der Waals surface area contributed by atoms with Crippen LogP contribution in [-0.4, -0.2) is 25.8 Å². The van der Waals surface area contributed by atoms with Crippen LogP contribution in [0, 0.1) is 6.92 Å². The molecule has 0 aromatic heterocycles. The van der Waals surface area contributed by atoms with Gasteiger partial charge in [0.05, 0.1) is 5.02 Å². The van der Waals surface area contributed by atoms with Gasteiger partial charge in [0.2, 0.25) is 10.0 Å². The van der Waals surface area contributed by atoms with Crippen molar-refractivity contribution >= 4 is 21.6 Å². The van der Waals surface area contributed by atoms with Crippen LogP contribution < -0.4 is 0 Å². The second-order valence-corrected chi connectivity index (χ2v) is 6.65. The summed E-state index contributed by atoms with van der Waals surface area (Å²) in [7, 11) is -3.47. The maximum Gasteiger partial charge on any atom is 0.244 e. The summed E-state index contributed by atoms with van der Waals surface area (Å²) in [6.45, 7) is 6.88. The number of halogens is 1. The third-order valence-corrected chi connectivity index (χ3v) is 5.03. The minimum atomic E-state index is -3.47. The lowest BCUT2D eigenvalue weighted by atomic mass is 10.2. The Morgan fingerprint density at radius 3 is 2.17 bits per heavy atom. The van der Waals surface area contributed by atoms with Gasteiger partial charge in [-0.05, 0) is 37.5 Å². The molecule has 0 unspecified atom stereocenters. The lowest BCUT2D eigenvalue weighted by molar-refractivity contribution is 0.410. The predicted molar refractivity (Wildman–Crippen MR) is 75.5 cm³/mol. The molecule has 5 heteroatoms. The molecule has 0 fully saturated rings. The van der Waals surface area contributed by atoms with Crippen LogP contribution in [-0.2, 0) is 10.0 Å². The number of hydrogen-bond donors (Lipinski definition) is 0. The zero-order valence-corrected chi connectivity index (χ0v) is 12.7. The first-order valence-corrected chi connectivity index (χ1v) is 8.01. The van der Waals surface area contributed by atoms with Gasteiger partial charge in [-0.1, -0.05) is 31.5 Å². The van der Waals surface area contributed by atoms with Gasteiger partial charge in [-0.2, -0.15) is 4.31 Å². The number of benzene rings is 1. The van der Waals surface area contributed by atoms with E-state index in [1.807, 2.05) is 20.8 Å². The van der Waals surface area contributed by atoms with E-state index < -0.39 is 10.0 Å². The summed E-state index contributed by atoms with van der Waals surface area (Å²) in [5.74, 6) is 0. The highest BCUT2D eigenvalue weighted by Gasteiger charge is 2.25. The first kappa shape index (κ1) is 15.5. The van der Waals surface area contributed by atoms with Crippen LogP contribution in [0.1, 0.15) is 32.3 Å². The monoisotopic (exact) mass is 289 g/mol. The Balaban J connectivity index is 3.17. The Labute approximate surface area is 115 Å². The van der Waals surface area contributed by atoms with E-state index in [2.05, 4.69) is 0 Å². The molecule has 1 aromatic rings. The van der Waals surface area contributed by atoms with Crippen LogP contribution in [0.3, 0.4) is 0 Å². The maximum absolute atomic E-state index is 12.5. The first-order chi connectivity index (χ1) is 8.43. The summed E-state index contributed by atoms with van der Waals surface area (Å²) in [6.07, 6.45) is 1.59. The van der Waals surface area contributed by atoms with Crippen LogP contribution in [0.5, 0.6) is 0 Å². The topological polar surface area (TPSA) is 37.4 Å². The smallest absolute Gasteiger partial charge is 0.207 e. The Bertz CT molecular complexity index is 494. The van der Waals surface area contributed by atoms with E-state index in [-0.39, 0.29) is 4.90 Å². The molecule has 18 heavy (non-hydrogen) atoms. The zero-order chi connectivity index (χ0) is 13.8. The van der Waals surface area contributed by atoms with Crippen molar-refractivity contribution in [3.05, 3.63) is 28.8 Å². The lowest BCUT2D eigenvalue weighted by Crippen LogP contribution is -2.32. The van der Waals surface area contributed by atoms with Gasteiger partial charge in [-0.15, -0.1) is 0 Å². The fourth-order valence-corrected chi connectivity index (χ4v) is 4.00. The largest absolute Gasteiger partial charge is 0.244 e. The molecule has 1 rings (SSSR count). The Kier molecular flexibility index (Phi) is 5.63. The van der Waals surface area contributed by atoms with Gasteiger partial charge < -0.3 is 0 Å². The molecule has 0 saturated carbocycles. The van der Waals surface area contributed by atoms with E-state index in [1.165, 1.54) is 4.31 Å².